The second-order valence-electron chi connectivity index (χ2n) is 5.84. The van der Waals surface area contributed by atoms with Gasteiger partial charge >= 0.3 is 6.03 Å². The average molecular weight is 273 g/mol. The molecule has 4 nitrogen and oxygen atoms in total. The van der Waals surface area contributed by atoms with E-state index in [1.165, 1.54) is 12.8 Å². The van der Waals surface area contributed by atoms with Gasteiger partial charge in [0.05, 0.1) is 6.04 Å². The number of benzene rings is 1. The highest BCUT2D eigenvalue weighted by Gasteiger charge is 2.32. The number of piperazine rings is 1. The molecule has 1 aliphatic carbocycles. The zero-order valence-electron chi connectivity index (χ0n) is 12.1. The van der Waals surface area contributed by atoms with E-state index in [0.29, 0.717) is 0 Å². The number of carbonyl (C=O) groups is 1. The van der Waals surface area contributed by atoms with E-state index in [1.807, 2.05) is 30.0 Å². The Bertz CT molecular complexity index is 450. The van der Waals surface area contributed by atoms with E-state index >= 15 is 0 Å². The first-order valence-electron chi connectivity index (χ1n) is 7.58. The molecule has 20 heavy (non-hydrogen) atoms. The van der Waals surface area contributed by atoms with Gasteiger partial charge in [-0.2, -0.15) is 0 Å². The summed E-state index contributed by atoms with van der Waals surface area (Å²) in [6.07, 6.45) is 2.69. The molecule has 1 saturated heterocycles. The highest BCUT2D eigenvalue weighted by Crippen LogP contribution is 2.27. The number of amides is 2. The van der Waals surface area contributed by atoms with Crippen LogP contribution >= 0.6 is 0 Å². The molecule has 0 spiro atoms. The Morgan fingerprint density at radius 2 is 1.80 bits per heavy atom. The molecule has 1 unspecified atom stereocenters. The van der Waals surface area contributed by atoms with E-state index in [2.05, 4.69) is 22.3 Å². The van der Waals surface area contributed by atoms with Crippen LogP contribution in [0.5, 0.6) is 0 Å². The normalized spacial score (nSPS) is 21.6. The molecule has 0 radical (unpaired) electrons. The smallest absolute Gasteiger partial charge is 0.317 e. The number of hydrogen-bond acceptors (Lipinski definition) is 2. The lowest BCUT2D eigenvalue weighted by Gasteiger charge is -2.35. The summed E-state index contributed by atoms with van der Waals surface area (Å²) >= 11 is 0. The van der Waals surface area contributed by atoms with Gasteiger partial charge in [-0.15, -0.1) is 0 Å². The summed E-state index contributed by atoms with van der Waals surface area (Å²) in [5, 5.41) is 3.09. The molecule has 1 atom stereocenters. The van der Waals surface area contributed by atoms with Gasteiger partial charge in [0, 0.05) is 32.2 Å². The molecule has 2 aliphatic rings. The standard InChI is InChI=1S/C16H23N3O/c1-13(14-5-3-2-4-6-14)17-16(20)19-11-9-18(10-12-19)15-7-8-15/h2-6,13,15H,7-12H2,1H3,(H,17,20). The lowest BCUT2D eigenvalue weighted by Crippen LogP contribution is -2.52. The van der Waals surface area contributed by atoms with Crippen LogP contribution in [0, 0.1) is 0 Å². The van der Waals surface area contributed by atoms with Gasteiger partial charge in [0.2, 0.25) is 0 Å². The summed E-state index contributed by atoms with van der Waals surface area (Å²) in [6.45, 7) is 5.79. The van der Waals surface area contributed by atoms with E-state index in [0.717, 1.165) is 37.8 Å². The van der Waals surface area contributed by atoms with Crippen LogP contribution in [0.1, 0.15) is 31.4 Å². The van der Waals surface area contributed by atoms with Gasteiger partial charge in [-0.3, -0.25) is 4.90 Å². The van der Waals surface area contributed by atoms with Crippen molar-refractivity contribution in [2.75, 3.05) is 26.2 Å². The Labute approximate surface area is 120 Å². The molecule has 108 valence electrons. The van der Waals surface area contributed by atoms with E-state index < -0.39 is 0 Å². The summed E-state index contributed by atoms with van der Waals surface area (Å²) in [6, 6.07) is 11.0. The van der Waals surface area contributed by atoms with Crippen molar-refractivity contribution in [1.82, 2.24) is 15.1 Å². The lowest BCUT2D eigenvalue weighted by atomic mass is 10.1. The molecule has 2 fully saturated rings. The monoisotopic (exact) mass is 273 g/mol. The largest absolute Gasteiger partial charge is 0.331 e. The molecule has 1 aliphatic heterocycles. The molecule has 2 amide bonds. The van der Waals surface area contributed by atoms with Crippen molar-refractivity contribution in [2.24, 2.45) is 0 Å². The fraction of sp³-hybridized carbons (Fsp3) is 0.562. The van der Waals surface area contributed by atoms with E-state index in [4.69, 9.17) is 0 Å². The summed E-state index contributed by atoms with van der Waals surface area (Å²) in [4.78, 5) is 16.7. The zero-order valence-corrected chi connectivity index (χ0v) is 12.1. The second kappa shape index (κ2) is 5.83. The quantitative estimate of drug-likeness (QED) is 0.916. The van der Waals surface area contributed by atoms with Gasteiger partial charge in [-0.25, -0.2) is 4.79 Å². The Balaban J connectivity index is 1.49. The first-order chi connectivity index (χ1) is 9.74. The minimum absolute atomic E-state index is 0.0603. The zero-order chi connectivity index (χ0) is 13.9. The third-order valence-corrected chi connectivity index (χ3v) is 4.30. The molecule has 1 heterocycles. The highest BCUT2D eigenvalue weighted by atomic mass is 16.2. The van der Waals surface area contributed by atoms with Gasteiger partial charge in [0.25, 0.3) is 0 Å². The maximum absolute atomic E-state index is 12.3. The van der Waals surface area contributed by atoms with Crippen molar-refractivity contribution in [3.8, 4) is 0 Å². The van der Waals surface area contributed by atoms with Gasteiger partial charge in [0.1, 0.15) is 0 Å². The van der Waals surface area contributed by atoms with Gasteiger partial charge in [0.15, 0.2) is 0 Å². The average Bonchev–Trinajstić information content (AvgIpc) is 3.33. The van der Waals surface area contributed by atoms with Crippen LogP contribution in [0.4, 0.5) is 4.79 Å². The minimum atomic E-state index is 0.0603. The third kappa shape index (κ3) is 3.12. The number of rotatable bonds is 3. The number of nitrogens with zero attached hydrogens (tertiary/aromatic N) is 2. The van der Waals surface area contributed by atoms with Crippen molar-refractivity contribution >= 4 is 6.03 Å². The van der Waals surface area contributed by atoms with Gasteiger partial charge in [-0.05, 0) is 25.3 Å². The highest BCUT2D eigenvalue weighted by molar-refractivity contribution is 5.74. The maximum Gasteiger partial charge on any atom is 0.317 e. The summed E-state index contributed by atoms with van der Waals surface area (Å²) < 4.78 is 0. The van der Waals surface area contributed by atoms with Gasteiger partial charge in [-0.1, -0.05) is 30.3 Å². The maximum atomic E-state index is 12.3. The fourth-order valence-corrected chi connectivity index (χ4v) is 2.83. The van der Waals surface area contributed by atoms with Crippen molar-refractivity contribution in [3.05, 3.63) is 35.9 Å². The molecule has 1 aromatic rings. The summed E-state index contributed by atoms with van der Waals surface area (Å²) in [7, 11) is 0. The van der Waals surface area contributed by atoms with Crippen LogP contribution in [-0.4, -0.2) is 48.1 Å². The number of hydrogen-bond donors (Lipinski definition) is 1. The second-order valence-corrected chi connectivity index (χ2v) is 5.84. The van der Waals surface area contributed by atoms with E-state index in [9.17, 15) is 4.79 Å². The van der Waals surface area contributed by atoms with Crippen molar-refractivity contribution in [2.45, 2.75) is 31.8 Å². The molecular weight excluding hydrogens is 250 g/mol. The predicted octanol–water partition coefficient (Wildman–Crippen LogP) is 2.24. The third-order valence-electron chi connectivity index (χ3n) is 4.30. The fourth-order valence-electron chi connectivity index (χ4n) is 2.83. The number of carbonyl (C=O) groups excluding carboxylic acids is 1. The Hall–Kier alpha value is -1.55. The molecule has 1 N–H and O–H groups in total. The van der Waals surface area contributed by atoms with Crippen LogP contribution in [0.15, 0.2) is 30.3 Å². The molecule has 3 rings (SSSR count). The van der Waals surface area contributed by atoms with Crippen LogP contribution in [0.3, 0.4) is 0 Å². The molecule has 1 aromatic carbocycles. The number of nitrogens with one attached hydrogen (secondary N) is 1. The number of urea groups is 1. The predicted molar refractivity (Wildman–Crippen MR) is 79.6 cm³/mol. The van der Waals surface area contributed by atoms with Crippen molar-refractivity contribution in [3.63, 3.8) is 0 Å². The molecule has 4 heteroatoms. The van der Waals surface area contributed by atoms with Crippen molar-refractivity contribution < 1.29 is 4.79 Å². The van der Waals surface area contributed by atoms with E-state index in [-0.39, 0.29) is 12.1 Å². The Morgan fingerprint density at radius 3 is 2.40 bits per heavy atom. The molecule has 0 aromatic heterocycles. The van der Waals surface area contributed by atoms with Crippen LogP contribution in [-0.2, 0) is 0 Å². The first kappa shape index (κ1) is 13.4. The SMILES string of the molecule is CC(NC(=O)N1CCN(C2CC2)CC1)c1ccccc1. The molecular formula is C16H23N3O. The molecule has 1 saturated carbocycles. The van der Waals surface area contributed by atoms with Crippen LogP contribution < -0.4 is 5.32 Å². The first-order valence-corrected chi connectivity index (χ1v) is 7.58. The lowest BCUT2D eigenvalue weighted by molar-refractivity contribution is 0.133. The van der Waals surface area contributed by atoms with Crippen LogP contribution in [0.25, 0.3) is 0 Å². The van der Waals surface area contributed by atoms with Gasteiger partial charge < -0.3 is 10.2 Å². The minimum Gasteiger partial charge on any atom is -0.331 e. The topological polar surface area (TPSA) is 35.6 Å². The van der Waals surface area contributed by atoms with Crippen molar-refractivity contribution in [1.29, 1.82) is 0 Å². The Morgan fingerprint density at radius 1 is 1.15 bits per heavy atom. The summed E-state index contributed by atoms with van der Waals surface area (Å²) in [5.74, 6) is 0. The van der Waals surface area contributed by atoms with E-state index in [1.54, 1.807) is 0 Å². The summed E-state index contributed by atoms with van der Waals surface area (Å²) in [5.41, 5.74) is 1.15. The molecule has 0 bridgehead atoms. The Kier molecular flexibility index (Phi) is 3.92. The van der Waals surface area contributed by atoms with Crippen LogP contribution in [0.2, 0.25) is 0 Å².